The Balaban J connectivity index is 1.93. The van der Waals surface area contributed by atoms with Crippen LogP contribution in [0.25, 0.3) is 0 Å². The van der Waals surface area contributed by atoms with Gasteiger partial charge in [0.05, 0.1) is 12.7 Å². The average molecular weight is 337 g/mol. The number of esters is 1. The number of methoxy groups -OCH3 is 1. The highest BCUT2D eigenvalue weighted by Crippen LogP contribution is 2.45. The van der Waals surface area contributed by atoms with Crippen LogP contribution in [0.4, 0.5) is 0 Å². The van der Waals surface area contributed by atoms with E-state index >= 15 is 0 Å². The lowest BCUT2D eigenvalue weighted by molar-refractivity contribution is 0.0600. The zero-order chi connectivity index (χ0) is 17.9. The van der Waals surface area contributed by atoms with E-state index in [9.17, 15) is 4.79 Å². The second-order valence-electron chi connectivity index (χ2n) is 7.16. The molecule has 1 aliphatic rings. The van der Waals surface area contributed by atoms with E-state index in [0.29, 0.717) is 11.5 Å². The minimum absolute atomic E-state index is 0.0183. The Labute approximate surface area is 150 Å². The van der Waals surface area contributed by atoms with Crippen molar-refractivity contribution in [3.63, 3.8) is 0 Å². The molecule has 0 bridgehead atoms. The van der Waals surface area contributed by atoms with Gasteiger partial charge in [0, 0.05) is 12.1 Å². The monoisotopic (exact) mass is 337 g/mol. The molecule has 3 nitrogen and oxygen atoms in total. The van der Waals surface area contributed by atoms with Crippen molar-refractivity contribution in [3.8, 4) is 0 Å². The largest absolute Gasteiger partial charge is 0.465 e. The van der Waals surface area contributed by atoms with Crippen LogP contribution in [0, 0.1) is 5.92 Å². The zero-order valence-electron chi connectivity index (χ0n) is 15.4. The summed E-state index contributed by atoms with van der Waals surface area (Å²) >= 11 is 0. The Hall–Kier alpha value is -2.13. The van der Waals surface area contributed by atoms with E-state index < -0.39 is 0 Å². The third-order valence-electron chi connectivity index (χ3n) is 5.53. The van der Waals surface area contributed by atoms with Crippen LogP contribution in [0.1, 0.15) is 48.2 Å². The van der Waals surface area contributed by atoms with Crippen LogP contribution in [0.5, 0.6) is 0 Å². The standard InChI is InChI=1S/C22H27NO2/c1-17(2)22(20-12-10-19(11-13-20)21(24)25-3)14-7-15-23(22)16-18-8-5-4-6-9-18/h4-6,8-13,17H,7,14-16H2,1-3H3. The van der Waals surface area contributed by atoms with Gasteiger partial charge in [-0.05, 0) is 48.6 Å². The molecule has 3 rings (SSSR count). The van der Waals surface area contributed by atoms with Gasteiger partial charge in [-0.1, -0.05) is 56.3 Å². The number of benzene rings is 2. The number of carbonyl (C=O) groups is 1. The number of rotatable bonds is 5. The fraction of sp³-hybridized carbons (Fsp3) is 0.409. The van der Waals surface area contributed by atoms with Gasteiger partial charge >= 0.3 is 5.97 Å². The summed E-state index contributed by atoms with van der Waals surface area (Å²) in [5, 5.41) is 0. The molecule has 0 N–H and O–H groups in total. The van der Waals surface area contributed by atoms with Gasteiger partial charge in [0.25, 0.3) is 0 Å². The van der Waals surface area contributed by atoms with Crippen molar-refractivity contribution in [3.05, 3.63) is 71.3 Å². The lowest BCUT2D eigenvalue weighted by Gasteiger charge is -2.43. The van der Waals surface area contributed by atoms with Gasteiger partial charge in [-0.2, -0.15) is 0 Å². The van der Waals surface area contributed by atoms with Crippen molar-refractivity contribution in [2.24, 2.45) is 5.92 Å². The van der Waals surface area contributed by atoms with Gasteiger partial charge in [0.2, 0.25) is 0 Å². The smallest absolute Gasteiger partial charge is 0.337 e. The summed E-state index contributed by atoms with van der Waals surface area (Å²) in [7, 11) is 1.42. The molecule has 25 heavy (non-hydrogen) atoms. The molecule has 0 radical (unpaired) electrons. The zero-order valence-corrected chi connectivity index (χ0v) is 15.4. The summed E-state index contributed by atoms with van der Waals surface area (Å²) in [6.45, 7) is 6.67. The Morgan fingerprint density at radius 1 is 1.12 bits per heavy atom. The Morgan fingerprint density at radius 3 is 2.40 bits per heavy atom. The number of nitrogens with zero attached hydrogens (tertiary/aromatic N) is 1. The first kappa shape index (κ1) is 17.7. The van der Waals surface area contributed by atoms with E-state index in [2.05, 4.69) is 61.2 Å². The predicted octanol–water partition coefficient (Wildman–Crippen LogP) is 4.62. The molecule has 1 fully saturated rings. The number of hydrogen-bond acceptors (Lipinski definition) is 3. The highest BCUT2D eigenvalue weighted by Gasteiger charge is 2.44. The van der Waals surface area contributed by atoms with Crippen LogP contribution in [0.2, 0.25) is 0 Å². The van der Waals surface area contributed by atoms with Crippen molar-refractivity contribution in [1.29, 1.82) is 0 Å². The molecule has 3 heteroatoms. The fourth-order valence-corrected chi connectivity index (χ4v) is 4.25. The molecule has 0 spiro atoms. The fourth-order valence-electron chi connectivity index (χ4n) is 4.25. The minimum atomic E-state index is -0.280. The van der Waals surface area contributed by atoms with E-state index in [1.54, 1.807) is 0 Å². The van der Waals surface area contributed by atoms with Crippen molar-refractivity contribution < 1.29 is 9.53 Å². The van der Waals surface area contributed by atoms with Gasteiger partial charge in [-0.3, -0.25) is 4.90 Å². The second kappa shape index (κ2) is 7.40. The maximum absolute atomic E-state index is 11.7. The van der Waals surface area contributed by atoms with Gasteiger partial charge in [-0.15, -0.1) is 0 Å². The summed E-state index contributed by atoms with van der Waals surface area (Å²) in [6.07, 6.45) is 2.35. The van der Waals surface area contributed by atoms with Crippen LogP contribution in [0.15, 0.2) is 54.6 Å². The SMILES string of the molecule is COC(=O)c1ccc(C2(C(C)C)CCCN2Cc2ccccc2)cc1. The third-order valence-corrected chi connectivity index (χ3v) is 5.53. The van der Waals surface area contributed by atoms with Crippen LogP contribution in [-0.2, 0) is 16.8 Å². The van der Waals surface area contributed by atoms with Crippen LogP contribution in [0.3, 0.4) is 0 Å². The molecule has 0 amide bonds. The highest BCUT2D eigenvalue weighted by molar-refractivity contribution is 5.89. The minimum Gasteiger partial charge on any atom is -0.465 e. The quantitative estimate of drug-likeness (QED) is 0.746. The maximum atomic E-state index is 11.7. The van der Waals surface area contributed by atoms with E-state index in [1.165, 1.54) is 24.7 Å². The average Bonchev–Trinajstić information content (AvgIpc) is 3.06. The molecular weight excluding hydrogens is 310 g/mol. The molecule has 0 saturated carbocycles. The molecule has 0 aliphatic carbocycles. The molecule has 1 atom stereocenters. The molecule has 1 heterocycles. The molecule has 2 aromatic rings. The normalized spacial score (nSPS) is 20.8. The van der Waals surface area contributed by atoms with Gasteiger partial charge < -0.3 is 4.74 Å². The topological polar surface area (TPSA) is 29.5 Å². The number of ether oxygens (including phenoxy) is 1. The lowest BCUT2D eigenvalue weighted by atomic mass is 9.77. The van der Waals surface area contributed by atoms with E-state index in [-0.39, 0.29) is 11.5 Å². The third kappa shape index (κ3) is 3.34. The van der Waals surface area contributed by atoms with E-state index in [0.717, 1.165) is 19.5 Å². The van der Waals surface area contributed by atoms with Crippen molar-refractivity contribution in [2.45, 2.75) is 38.8 Å². The number of carbonyl (C=O) groups excluding carboxylic acids is 1. The molecule has 1 saturated heterocycles. The van der Waals surface area contributed by atoms with E-state index in [1.807, 2.05) is 12.1 Å². The first-order chi connectivity index (χ1) is 12.1. The summed E-state index contributed by atoms with van der Waals surface area (Å²) < 4.78 is 4.82. The van der Waals surface area contributed by atoms with Crippen LogP contribution < -0.4 is 0 Å². The molecular formula is C22H27NO2. The molecule has 132 valence electrons. The van der Waals surface area contributed by atoms with Gasteiger partial charge in [0.1, 0.15) is 0 Å². The second-order valence-corrected chi connectivity index (χ2v) is 7.16. The van der Waals surface area contributed by atoms with Crippen LogP contribution in [-0.4, -0.2) is 24.5 Å². The first-order valence-corrected chi connectivity index (χ1v) is 9.06. The highest BCUT2D eigenvalue weighted by atomic mass is 16.5. The summed E-state index contributed by atoms with van der Waals surface area (Å²) in [5.74, 6) is 0.209. The Bertz CT molecular complexity index is 709. The van der Waals surface area contributed by atoms with Gasteiger partial charge in [0.15, 0.2) is 0 Å². The molecule has 1 unspecified atom stereocenters. The van der Waals surface area contributed by atoms with E-state index in [4.69, 9.17) is 4.74 Å². The number of hydrogen-bond donors (Lipinski definition) is 0. The number of likely N-dealkylation sites (tertiary alicyclic amines) is 1. The predicted molar refractivity (Wildman–Crippen MR) is 100 cm³/mol. The van der Waals surface area contributed by atoms with Crippen molar-refractivity contribution in [1.82, 2.24) is 4.90 Å². The van der Waals surface area contributed by atoms with Crippen molar-refractivity contribution >= 4 is 5.97 Å². The Morgan fingerprint density at radius 2 is 1.80 bits per heavy atom. The lowest BCUT2D eigenvalue weighted by Crippen LogP contribution is -2.45. The first-order valence-electron chi connectivity index (χ1n) is 9.06. The Kier molecular flexibility index (Phi) is 5.24. The van der Waals surface area contributed by atoms with Gasteiger partial charge in [-0.25, -0.2) is 4.79 Å². The maximum Gasteiger partial charge on any atom is 0.337 e. The summed E-state index contributed by atoms with van der Waals surface area (Å²) in [5.41, 5.74) is 3.27. The summed E-state index contributed by atoms with van der Waals surface area (Å²) in [4.78, 5) is 14.3. The molecule has 0 aromatic heterocycles. The molecule has 1 aliphatic heterocycles. The van der Waals surface area contributed by atoms with Crippen LogP contribution >= 0.6 is 0 Å². The summed E-state index contributed by atoms with van der Waals surface area (Å²) in [6, 6.07) is 18.7. The van der Waals surface area contributed by atoms with Crippen molar-refractivity contribution in [2.75, 3.05) is 13.7 Å². The molecule has 2 aromatic carbocycles.